The topological polar surface area (TPSA) is 73.1 Å². The van der Waals surface area contributed by atoms with Crippen LogP contribution >= 0.6 is 11.6 Å². The van der Waals surface area contributed by atoms with Gasteiger partial charge in [0.25, 0.3) is 5.56 Å². The molecule has 0 bridgehead atoms. The van der Waals surface area contributed by atoms with E-state index in [4.69, 9.17) is 11.6 Å². The Kier molecular flexibility index (Phi) is 5.49. The Labute approximate surface area is 145 Å². The first-order chi connectivity index (χ1) is 11.3. The molecule has 0 aliphatic rings. The van der Waals surface area contributed by atoms with Crippen LogP contribution in [0.1, 0.15) is 33.7 Å². The molecule has 6 nitrogen and oxygen atoms in total. The summed E-state index contributed by atoms with van der Waals surface area (Å²) in [6, 6.07) is 3.98. The van der Waals surface area contributed by atoms with Gasteiger partial charge in [0.15, 0.2) is 0 Å². The lowest BCUT2D eigenvalue weighted by molar-refractivity contribution is -0.124. The highest BCUT2D eigenvalue weighted by molar-refractivity contribution is 6.31. The van der Waals surface area contributed by atoms with Crippen LogP contribution in [0.25, 0.3) is 10.9 Å². The van der Waals surface area contributed by atoms with Crippen LogP contribution in [0.5, 0.6) is 0 Å². The maximum absolute atomic E-state index is 12.7. The largest absolute Gasteiger partial charge is 0.354 e. The number of benzene rings is 1. The molecule has 0 spiro atoms. The molecule has 0 aliphatic heterocycles. The maximum atomic E-state index is 12.7. The number of halogens is 1. The van der Waals surface area contributed by atoms with Gasteiger partial charge < -0.3 is 5.32 Å². The fourth-order valence-corrected chi connectivity index (χ4v) is 2.74. The van der Waals surface area contributed by atoms with Gasteiger partial charge in [-0.25, -0.2) is 4.79 Å². The van der Waals surface area contributed by atoms with E-state index in [2.05, 4.69) is 5.32 Å². The Bertz CT molecular complexity index is 883. The second-order valence-corrected chi connectivity index (χ2v) is 6.61. The molecular weight excluding hydrogens is 330 g/mol. The molecule has 7 heteroatoms. The summed E-state index contributed by atoms with van der Waals surface area (Å²) in [7, 11) is 0. The zero-order chi connectivity index (χ0) is 18.0. The number of hydrogen-bond donors (Lipinski definition) is 1. The van der Waals surface area contributed by atoms with Crippen molar-refractivity contribution in [2.45, 2.75) is 40.3 Å². The first-order valence-corrected chi connectivity index (χ1v) is 8.38. The third kappa shape index (κ3) is 3.38. The minimum atomic E-state index is -0.754. The van der Waals surface area contributed by atoms with Crippen LogP contribution in [0.3, 0.4) is 0 Å². The van der Waals surface area contributed by atoms with Crippen LogP contribution in [-0.4, -0.2) is 21.6 Å². The Hall–Kier alpha value is -2.08. The molecule has 24 heavy (non-hydrogen) atoms. The molecule has 1 amide bonds. The Morgan fingerprint density at radius 2 is 1.92 bits per heavy atom. The van der Waals surface area contributed by atoms with Crippen molar-refractivity contribution in [2.24, 2.45) is 5.92 Å². The predicted molar refractivity (Wildman–Crippen MR) is 95.7 cm³/mol. The minimum Gasteiger partial charge on any atom is -0.354 e. The van der Waals surface area contributed by atoms with Crippen LogP contribution in [0.15, 0.2) is 27.8 Å². The van der Waals surface area contributed by atoms with Gasteiger partial charge in [-0.1, -0.05) is 25.4 Å². The third-order valence-corrected chi connectivity index (χ3v) is 4.13. The molecular formula is C17H22ClN3O3. The molecule has 0 saturated carbocycles. The average molecular weight is 352 g/mol. The molecule has 0 aliphatic carbocycles. The number of carbonyl (C=O) groups is 1. The van der Waals surface area contributed by atoms with E-state index in [-0.39, 0.29) is 18.0 Å². The van der Waals surface area contributed by atoms with Crippen molar-refractivity contribution >= 4 is 28.4 Å². The zero-order valence-electron chi connectivity index (χ0n) is 14.3. The third-order valence-electron chi connectivity index (χ3n) is 3.90. The predicted octanol–water partition coefficient (Wildman–Crippen LogP) is 2.17. The molecule has 0 radical (unpaired) electrons. The van der Waals surface area contributed by atoms with Crippen molar-refractivity contribution in [2.75, 3.05) is 6.54 Å². The Morgan fingerprint density at radius 1 is 1.25 bits per heavy atom. The van der Waals surface area contributed by atoms with Gasteiger partial charge in [0.1, 0.15) is 6.04 Å². The van der Waals surface area contributed by atoms with Gasteiger partial charge >= 0.3 is 5.69 Å². The van der Waals surface area contributed by atoms with E-state index in [1.54, 1.807) is 32.0 Å². The number of nitrogens with zero attached hydrogens (tertiary/aromatic N) is 2. The Morgan fingerprint density at radius 3 is 2.50 bits per heavy atom. The summed E-state index contributed by atoms with van der Waals surface area (Å²) in [5.41, 5.74) is -0.515. The van der Waals surface area contributed by atoms with E-state index in [9.17, 15) is 14.4 Å². The number of aromatic nitrogens is 2. The van der Waals surface area contributed by atoms with E-state index >= 15 is 0 Å². The van der Waals surface area contributed by atoms with Crippen molar-refractivity contribution in [3.05, 3.63) is 44.1 Å². The second kappa shape index (κ2) is 7.21. The van der Waals surface area contributed by atoms with E-state index in [0.29, 0.717) is 28.4 Å². The maximum Gasteiger partial charge on any atom is 0.332 e. The summed E-state index contributed by atoms with van der Waals surface area (Å²) < 4.78 is 2.46. The summed E-state index contributed by atoms with van der Waals surface area (Å²) in [6.45, 7) is 8.09. The molecule has 2 rings (SSSR count). The molecule has 0 saturated heterocycles. The van der Waals surface area contributed by atoms with Gasteiger partial charge in [-0.05, 0) is 38.0 Å². The summed E-state index contributed by atoms with van der Waals surface area (Å²) in [6.07, 6.45) is 0. The molecule has 1 atom stereocenters. The molecule has 130 valence electrons. The van der Waals surface area contributed by atoms with Gasteiger partial charge in [0, 0.05) is 18.1 Å². The Balaban J connectivity index is 2.68. The lowest BCUT2D eigenvalue weighted by Crippen LogP contribution is -2.44. The van der Waals surface area contributed by atoms with Crippen LogP contribution in [0, 0.1) is 5.92 Å². The molecule has 1 heterocycles. The normalized spacial score (nSPS) is 12.6. The number of fused-ring (bicyclic) bond motifs is 1. The van der Waals surface area contributed by atoms with Gasteiger partial charge in [-0.3, -0.25) is 18.7 Å². The summed E-state index contributed by atoms with van der Waals surface area (Å²) in [5.74, 6) is 0.0297. The highest BCUT2D eigenvalue weighted by Gasteiger charge is 2.21. The van der Waals surface area contributed by atoms with Crippen molar-refractivity contribution in [1.29, 1.82) is 0 Å². The van der Waals surface area contributed by atoms with Crippen LogP contribution in [0.2, 0.25) is 5.02 Å². The van der Waals surface area contributed by atoms with E-state index in [0.717, 1.165) is 4.57 Å². The minimum absolute atomic E-state index is 0.233. The molecule has 0 unspecified atom stereocenters. The van der Waals surface area contributed by atoms with Crippen molar-refractivity contribution in [3.63, 3.8) is 0 Å². The highest BCUT2D eigenvalue weighted by atomic mass is 35.5. The van der Waals surface area contributed by atoms with Crippen LogP contribution in [0.4, 0.5) is 0 Å². The lowest BCUT2D eigenvalue weighted by atomic mass is 10.2. The lowest BCUT2D eigenvalue weighted by Gasteiger charge is -2.20. The number of carbonyl (C=O) groups excluding carboxylic acids is 1. The standard InChI is InChI=1S/C17H22ClN3O3/c1-5-20-16(23)13-7-6-12(18)8-14(13)21(17(20)24)11(4)15(22)19-9-10(2)3/h6-8,10-11H,5,9H2,1-4H3,(H,19,22)/t11-/m1/s1. The average Bonchev–Trinajstić information content (AvgIpc) is 2.52. The summed E-state index contributed by atoms with van der Waals surface area (Å²) in [4.78, 5) is 37.6. The number of rotatable bonds is 5. The van der Waals surface area contributed by atoms with Gasteiger partial charge in [0.2, 0.25) is 5.91 Å². The zero-order valence-corrected chi connectivity index (χ0v) is 15.1. The second-order valence-electron chi connectivity index (χ2n) is 6.18. The van der Waals surface area contributed by atoms with Crippen molar-refractivity contribution in [1.82, 2.24) is 14.5 Å². The first kappa shape index (κ1) is 18.3. The van der Waals surface area contributed by atoms with Crippen molar-refractivity contribution < 1.29 is 4.79 Å². The van der Waals surface area contributed by atoms with Gasteiger partial charge in [-0.2, -0.15) is 0 Å². The highest BCUT2D eigenvalue weighted by Crippen LogP contribution is 2.18. The summed E-state index contributed by atoms with van der Waals surface area (Å²) >= 11 is 6.03. The van der Waals surface area contributed by atoms with Crippen molar-refractivity contribution in [3.8, 4) is 0 Å². The molecule has 1 aromatic heterocycles. The molecule has 1 aromatic carbocycles. The van der Waals surface area contributed by atoms with Crippen LogP contribution in [-0.2, 0) is 11.3 Å². The number of nitrogens with one attached hydrogen (secondary N) is 1. The van der Waals surface area contributed by atoms with Crippen LogP contribution < -0.4 is 16.6 Å². The fraction of sp³-hybridized carbons (Fsp3) is 0.471. The van der Waals surface area contributed by atoms with Gasteiger partial charge in [0.05, 0.1) is 10.9 Å². The number of hydrogen-bond acceptors (Lipinski definition) is 3. The van der Waals surface area contributed by atoms with Gasteiger partial charge in [-0.15, -0.1) is 0 Å². The monoisotopic (exact) mass is 351 g/mol. The molecule has 0 fully saturated rings. The smallest absolute Gasteiger partial charge is 0.332 e. The first-order valence-electron chi connectivity index (χ1n) is 8.00. The fourth-order valence-electron chi connectivity index (χ4n) is 2.57. The SMILES string of the molecule is CCn1c(=O)c2ccc(Cl)cc2n([C@H](C)C(=O)NCC(C)C)c1=O. The number of amides is 1. The molecule has 2 aromatic rings. The quantitative estimate of drug-likeness (QED) is 0.897. The van der Waals surface area contributed by atoms with E-state index < -0.39 is 11.7 Å². The van der Waals surface area contributed by atoms with E-state index in [1.807, 2.05) is 13.8 Å². The van der Waals surface area contributed by atoms with E-state index in [1.165, 1.54) is 4.57 Å². The molecule has 1 N–H and O–H groups in total. The summed E-state index contributed by atoms with van der Waals surface area (Å²) in [5, 5.41) is 3.59.